The van der Waals surface area contributed by atoms with E-state index in [4.69, 9.17) is 11.6 Å². The van der Waals surface area contributed by atoms with Crippen molar-refractivity contribution in [1.82, 2.24) is 4.98 Å². The van der Waals surface area contributed by atoms with Crippen molar-refractivity contribution in [3.63, 3.8) is 0 Å². The number of hydrogen-bond acceptors (Lipinski definition) is 3. The Balaban J connectivity index is 1.55. The molecule has 0 radical (unpaired) electrons. The van der Waals surface area contributed by atoms with E-state index in [1.165, 1.54) is 23.8 Å². The van der Waals surface area contributed by atoms with Crippen LogP contribution in [0, 0.1) is 5.82 Å². The zero-order valence-electron chi connectivity index (χ0n) is 15.0. The Kier molecular flexibility index (Phi) is 5.12. The maximum Gasteiger partial charge on any atom is 0.326 e. The van der Waals surface area contributed by atoms with Crippen LogP contribution in [-0.4, -0.2) is 24.1 Å². The van der Waals surface area contributed by atoms with Gasteiger partial charge in [0.15, 0.2) is 5.82 Å². The second kappa shape index (κ2) is 7.86. The standard InChI is InChI=1S/C21H18ClFN4O/c22-17-13-16(8-9-18(17)23)25-21(28)27-12-11-26(14-15-5-2-1-3-6-15)20-19(27)7-4-10-24-20/h1-10,13H,11-12,14H2,(H,25,28). The number of aromatic nitrogens is 1. The normalized spacial score (nSPS) is 13.2. The van der Waals surface area contributed by atoms with Crippen LogP contribution in [0.15, 0.2) is 66.9 Å². The van der Waals surface area contributed by atoms with Gasteiger partial charge in [-0.05, 0) is 35.9 Å². The van der Waals surface area contributed by atoms with Gasteiger partial charge in [-0.1, -0.05) is 41.9 Å². The van der Waals surface area contributed by atoms with Crippen LogP contribution in [0.25, 0.3) is 0 Å². The number of anilines is 3. The number of nitrogens with zero attached hydrogens (tertiary/aromatic N) is 3. The van der Waals surface area contributed by atoms with E-state index in [9.17, 15) is 9.18 Å². The van der Waals surface area contributed by atoms with Gasteiger partial charge in [0.1, 0.15) is 5.82 Å². The summed E-state index contributed by atoms with van der Waals surface area (Å²) in [5.41, 5.74) is 2.35. The lowest BCUT2D eigenvalue weighted by molar-refractivity contribution is 0.256. The number of urea groups is 1. The summed E-state index contributed by atoms with van der Waals surface area (Å²) < 4.78 is 13.3. The molecule has 4 rings (SSSR count). The van der Waals surface area contributed by atoms with Gasteiger partial charge in [0.25, 0.3) is 0 Å². The first kappa shape index (κ1) is 18.3. The third kappa shape index (κ3) is 3.77. The molecule has 2 aromatic carbocycles. The quantitative estimate of drug-likeness (QED) is 0.682. The summed E-state index contributed by atoms with van der Waals surface area (Å²) in [5, 5.41) is 2.74. The van der Waals surface area contributed by atoms with Gasteiger partial charge < -0.3 is 10.2 Å². The summed E-state index contributed by atoms with van der Waals surface area (Å²) in [6.07, 6.45) is 1.72. The molecule has 7 heteroatoms. The maximum absolute atomic E-state index is 13.3. The molecule has 0 aliphatic carbocycles. The molecule has 1 aromatic heterocycles. The largest absolute Gasteiger partial charge is 0.349 e. The number of carbonyl (C=O) groups is 1. The molecule has 0 fully saturated rings. The summed E-state index contributed by atoms with van der Waals surface area (Å²) in [5.74, 6) is 0.230. The Morgan fingerprint density at radius 2 is 1.93 bits per heavy atom. The number of nitrogens with one attached hydrogen (secondary N) is 1. The van der Waals surface area contributed by atoms with Crippen LogP contribution in [-0.2, 0) is 6.54 Å². The monoisotopic (exact) mass is 396 g/mol. The molecule has 1 aliphatic rings. The molecular weight excluding hydrogens is 379 g/mol. The van der Waals surface area contributed by atoms with Gasteiger partial charge in [0.05, 0.1) is 10.7 Å². The number of rotatable bonds is 3. The highest BCUT2D eigenvalue weighted by Gasteiger charge is 2.28. The van der Waals surface area contributed by atoms with Crippen LogP contribution in [0.4, 0.5) is 26.4 Å². The molecule has 142 valence electrons. The van der Waals surface area contributed by atoms with E-state index in [-0.39, 0.29) is 11.1 Å². The van der Waals surface area contributed by atoms with E-state index in [1.807, 2.05) is 24.3 Å². The van der Waals surface area contributed by atoms with Crippen molar-refractivity contribution in [3.8, 4) is 0 Å². The zero-order chi connectivity index (χ0) is 19.5. The number of benzene rings is 2. The Morgan fingerprint density at radius 1 is 1.11 bits per heavy atom. The SMILES string of the molecule is O=C(Nc1ccc(F)c(Cl)c1)N1CCN(Cc2ccccc2)c2ncccc21. The molecule has 0 saturated heterocycles. The van der Waals surface area contributed by atoms with Gasteiger partial charge in [0, 0.05) is 31.5 Å². The van der Waals surface area contributed by atoms with Crippen LogP contribution in [0.1, 0.15) is 5.56 Å². The minimum Gasteiger partial charge on any atom is -0.349 e. The first-order valence-corrected chi connectivity index (χ1v) is 9.27. The van der Waals surface area contributed by atoms with Gasteiger partial charge >= 0.3 is 6.03 Å². The maximum atomic E-state index is 13.3. The van der Waals surface area contributed by atoms with Crippen molar-refractivity contribution in [2.75, 3.05) is 28.2 Å². The van der Waals surface area contributed by atoms with E-state index in [1.54, 1.807) is 17.2 Å². The Labute approximate surface area is 167 Å². The molecule has 0 spiro atoms. The average molecular weight is 397 g/mol. The topological polar surface area (TPSA) is 48.5 Å². The highest BCUT2D eigenvalue weighted by molar-refractivity contribution is 6.31. The number of hydrogen-bond donors (Lipinski definition) is 1. The molecule has 5 nitrogen and oxygen atoms in total. The summed E-state index contributed by atoms with van der Waals surface area (Å²) in [4.78, 5) is 21.1. The minimum absolute atomic E-state index is 0.0347. The Bertz CT molecular complexity index is 999. The molecule has 2 amide bonds. The van der Waals surface area contributed by atoms with Crippen molar-refractivity contribution in [2.24, 2.45) is 0 Å². The van der Waals surface area contributed by atoms with Gasteiger partial charge in [-0.15, -0.1) is 0 Å². The van der Waals surface area contributed by atoms with Crippen molar-refractivity contribution >= 4 is 34.8 Å². The highest BCUT2D eigenvalue weighted by atomic mass is 35.5. The predicted octanol–water partition coefficient (Wildman–Crippen LogP) is 4.93. The van der Waals surface area contributed by atoms with E-state index in [0.717, 1.165) is 11.5 Å². The third-order valence-electron chi connectivity index (χ3n) is 4.58. The fourth-order valence-corrected chi connectivity index (χ4v) is 3.40. The minimum atomic E-state index is -0.524. The summed E-state index contributed by atoms with van der Waals surface area (Å²) in [6.45, 7) is 1.87. The van der Waals surface area contributed by atoms with E-state index in [0.29, 0.717) is 25.3 Å². The van der Waals surface area contributed by atoms with Gasteiger partial charge in [-0.2, -0.15) is 0 Å². The lowest BCUT2D eigenvalue weighted by Crippen LogP contribution is -2.46. The molecule has 28 heavy (non-hydrogen) atoms. The van der Waals surface area contributed by atoms with Crippen molar-refractivity contribution in [2.45, 2.75) is 6.54 Å². The Hall–Kier alpha value is -3.12. The molecule has 3 aromatic rings. The summed E-state index contributed by atoms with van der Waals surface area (Å²) in [7, 11) is 0. The second-order valence-corrected chi connectivity index (χ2v) is 6.87. The number of amides is 2. The first-order valence-electron chi connectivity index (χ1n) is 8.89. The number of pyridine rings is 1. The molecule has 0 saturated carbocycles. The number of halogens is 2. The van der Waals surface area contributed by atoms with Gasteiger partial charge in [0.2, 0.25) is 0 Å². The van der Waals surface area contributed by atoms with Crippen LogP contribution < -0.4 is 15.1 Å². The number of fused-ring (bicyclic) bond motifs is 1. The fraction of sp³-hybridized carbons (Fsp3) is 0.143. The van der Waals surface area contributed by atoms with E-state index in [2.05, 4.69) is 27.3 Å². The van der Waals surface area contributed by atoms with Crippen LogP contribution in [0.3, 0.4) is 0 Å². The van der Waals surface area contributed by atoms with Crippen molar-refractivity contribution in [1.29, 1.82) is 0 Å². The van der Waals surface area contributed by atoms with Gasteiger partial charge in [-0.25, -0.2) is 14.2 Å². The zero-order valence-corrected chi connectivity index (χ0v) is 15.7. The Morgan fingerprint density at radius 3 is 2.71 bits per heavy atom. The van der Waals surface area contributed by atoms with Gasteiger partial charge in [-0.3, -0.25) is 4.90 Å². The lowest BCUT2D eigenvalue weighted by atomic mass is 10.2. The molecule has 0 atom stereocenters. The molecule has 2 heterocycles. The van der Waals surface area contributed by atoms with Crippen LogP contribution >= 0.6 is 11.6 Å². The second-order valence-electron chi connectivity index (χ2n) is 6.46. The third-order valence-corrected chi connectivity index (χ3v) is 4.87. The smallest absolute Gasteiger partial charge is 0.326 e. The predicted molar refractivity (Wildman–Crippen MR) is 110 cm³/mol. The molecule has 0 unspecified atom stereocenters. The average Bonchev–Trinajstić information content (AvgIpc) is 2.72. The highest BCUT2D eigenvalue weighted by Crippen LogP contribution is 2.32. The number of carbonyl (C=O) groups excluding carboxylic acids is 1. The van der Waals surface area contributed by atoms with Crippen LogP contribution in [0.5, 0.6) is 0 Å². The fourth-order valence-electron chi connectivity index (χ4n) is 3.22. The lowest BCUT2D eigenvalue weighted by Gasteiger charge is -2.36. The molecule has 1 aliphatic heterocycles. The van der Waals surface area contributed by atoms with E-state index >= 15 is 0 Å². The molecular formula is C21H18ClFN4O. The van der Waals surface area contributed by atoms with Crippen LogP contribution in [0.2, 0.25) is 5.02 Å². The van der Waals surface area contributed by atoms with E-state index < -0.39 is 5.82 Å². The first-order chi connectivity index (χ1) is 13.6. The molecule has 0 bridgehead atoms. The van der Waals surface area contributed by atoms with Crippen molar-refractivity contribution < 1.29 is 9.18 Å². The summed E-state index contributed by atoms with van der Waals surface area (Å²) >= 11 is 5.80. The molecule has 1 N–H and O–H groups in total. The van der Waals surface area contributed by atoms with Crippen molar-refractivity contribution in [3.05, 3.63) is 83.3 Å². The summed E-state index contributed by atoms with van der Waals surface area (Å²) in [6, 6.07) is 17.6.